The van der Waals surface area contributed by atoms with Crippen molar-refractivity contribution in [3.63, 3.8) is 0 Å². The van der Waals surface area contributed by atoms with Crippen LogP contribution in [0.4, 0.5) is 0 Å². The molecule has 0 radical (unpaired) electrons. The van der Waals surface area contributed by atoms with Gasteiger partial charge in [-0.05, 0) is 99.2 Å². The minimum atomic E-state index is 0.223. The first-order valence-electron chi connectivity index (χ1n) is 14.1. The Hall–Kier alpha value is -2.59. The van der Waals surface area contributed by atoms with E-state index in [-0.39, 0.29) is 5.92 Å². The van der Waals surface area contributed by atoms with Gasteiger partial charge in [0.25, 0.3) is 0 Å². The van der Waals surface area contributed by atoms with Crippen LogP contribution in [-0.2, 0) is 11.2 Å². The highest BCUT2D eigenvalue weighted by Gasteiger charge is 2.29. The number of piperidine rings is 2. The highest BCUT2D eigenvalue weighted by atomic mass is 16.2. The van der Waals surface area contributed by atoms with Crippen molar-refractivity contribution in [2.45, 2.75) is 72.1 Å². The molecular weight excluding hydrogens is 442 g/mol. The maximum atomic E-state index is 13.0. The molecule has 0 saturated carbocycles. The maximum absolute atomic E-state index is 13.0. The van der Waals surface area contributed by atoms with E-state index in [4.69, 9.17) is 0 Å². The van der Waals surface area contributed by atoms with E-state index in [0.717, 1.165) is 64.7 Å². The van der Waals surface area contributed by atoms with E-state index in [1.54, 1.807) is 0 Å². The summed E-state index contributed by atoms with van der Waals surface area (Å²) in [6.07, 6.45) is 12.6. The number of fused-ring (bicyclic) bond motifs is 1. The number of H-pyrrole nitrogens is 1. The largest absolute Gasteiger partial charge is 0.354 e. The number of aromatic nitrogens is 1. The van der Waals surface area contributed by atoms with Gasteiger partial charge in [0.05, 0.1) is 0 Å². The van der Waals surface area contributed by atoms with Crippen molar-refractivity contribution in [2.75, 3.05) is 26.2 Å². The van der Waals surface area contributed by atoms with E-state index >= 15 is 0 Å². The van der Waals surface area contributed by atoms with Crippen LogP contribution < -0.4 is 5.32 Å². The Labute approximate surface area is 217 Å². The van der Waals surface area contributed by atoms with Gasteiger partial charge in [0.2, 0.25) is 5.91 Å². The van der Waals surface area contributed by atoms with Gasteiger partial charge in [0.1, 0.15) is 0 Å². The summed E-state index contributed by atoms with van der Waals surface area (Å²) in [5, 5.41) is 4.71. The molecule has 0 bridgehead atoms. The van der Waals surface area contributed by atoms with Gasteiger partial charge in [-0.1, -0.05) is 57.2 Å². The van der Waals surface area contributed by atoms with Crippen molar-refractivity contribution in [3.05, 3.63) is 65.4 Å². The third-order valence-corrected chi connectivity index (χ3v) is 8.61. The molecule has 1 unspecified atom stereocenters. The van der Waals surface area contributed by atoms with E-state index in [0.29, 0.717) is 17.7 Å². The Morgan fingerprint density at radius 2 is 1.89 bits per heavy atom. The zero-order valence-electron chi connectivity index (χ0n) is 22.8. The molecule has 1 aromatic heterocycles. The van der Waals surface area contributed by atoms with Gasteiger partial charge in [0, 0.05) is 35.6 Å². The van der Waals surface area contributed by atoms with Crippen molar-refractivity contribution < 1.29 is 4.79 Å². The summed E-state index contributed by atoms with van der Waals surface area (Å²) >= 11 is 0. The van der Waals surface area contributed by atoms with Gasteiger partial charge in [-0.2, -0.15) is 0 Å². The molecule has 2 aliphatic rings. The second-order valence-electron chi connectivity index (χ2n) is 10.8. The first kappa shape index (κ1) is 26.5. The second kappa shape index (κ2) is 12.1. The number of carbonyl (C=O) groups excluding carboxylic acids is 1. The molecule has 4 nitrogen and oxygen atoms in total. The summed E-state index contributed by atoms with van der Waals surface area (Å²) in [5.41, 5.74) is 7.83. The van der Waals surface area contributed by atoms with Crippen molar-refractivity contribution in [3.8, 4) is 0 Å². The molecule has 2 saturated heterocycles. The molecule has 4 heteroatoms. The van der Waals surface area contributed by atoms with Gasteiger partial charge in [0.15, 0.2) is 0 Å². The Kier molecular flexibility index (Phi) is 8.90. The lowest BCUT2D eigenvalue weighted by Crippen LogP contribution is -2.44. The number of likely N-dealkylation sites (tertiary alicyclic amines) is 1. The lowest BCUT2D eigenvalue weighted by molar-refractivity contribution is -0.137. The SMILES string of the molecule is C=C/C=C(\C=C(\C)C(C)CC)c1[nH]c2ccc(C3CCN(C(=O)C4CCNCC4)CC3)cc2c1CC. The van der Waals surface area contributed by atoms with E-state index in [9.17, 15) is 4.79 Å². The summed E-state index contributed by atoms with van der Waals surface area (Å²) in [6.45, 7) is 16.7. The average Bonchev–Trinajstić information content (AvgIpc) is 3.30. The molecule has 4 rings (SSSR count). The lowest BCUT2D eigenvalue weighted by Gasteiger charge is -2.35. The maximum Gasteiger partial charge on any atom is 0.225 e. The number of hydrogen-bond acceptors (Lipinski definition) is 2. The Morgan fingerprint density at radius 1 is 1.17 bits per heavy atom. The third kappa shape index (κ3) is 5.70. The van der Waals surface area contributed by atoms with E-state index in [1.807, 2.05) is 6.08 Å². The monoisotopic (exact) mass is 487 g/mol. The fraction of sp³-hybridized carbons (Fsp3) is 0.531. The molecule has 2 fully saturated rings. The molecule has 2 aromatic rings. The topological polar surface area (TPSA) is 48.1 Å². The third-order valence-electron chi connectivity index (χ3n) is 8.61. The molecule has 1 aromatic carbocycles. The molecule has 2 aliphatic heterocycles. The van der Waals surface area contributed by atoms with Crippen molar-refractivity contribution in [1.82, 2.24) is 15.2 Å². The number of nitrogens with one attached hydrogen (secondary N) is 2. The zero-order chi connectivity index (χ0) is 25.7. The molecule has 2 N–H and O–H groups in total. The zero-order valence-corrected chi connectivity index (χ0v) is 22.8. The summed E-state index contributed by atoms with van der Waals surface area (Å²) in [4.78, 5) is 18.9. The molecule has 1 amide bonds. The molecule has 3 heterocycles. The van der Waals surface area contributed by atoms with Crippen molar-refractivity contribution in [1.29, 1.82) is 0 Å². The summed E-state index contributed by atoms with van der Waals surface area (Å²) in [6, 6.07) is 6.98. The minimum Gasteiger partial charge on any atom is -0.354 e. The van der Waals surface area contributed by atoms with E-state index < -0.39 is 0 Å². The molecule has 0 spiro atoms. The van der Waals surface area contributed by atoms with Crippen LogP contribution in [-0.4, -0.2) is 42.0 Å². The van der Waals surface area contributed by atoms with Crippen LogP contribution in [0.1, 0.15) is 82.5 Å². The van der Waals surface area contributed by atoms with Crippen LogP contribution >= 0.6 is 0 Å². The molecule has 194 valence electrons. The standard InChI is InChI=1S/C32H45N3O/c1-6-9-27(20-23(5)22(4)7-2)31-28(8-3)29-21-26(10-11-30(29)34-31)24-14-18-35(19-15-24)32(36)25-12-16-33-17-13-25/h6,9-11,20-22,24-25,33-34H,1,7-8,12-19H2,2-5H3/b23-20-,27-9+. The highest BCUT2D eigenvalue weighted by Crippen LogP contribution is 2.35. The molecule has 0 aliphatic carbocycles. The Bertz CT molecular complexity index is 1120. The number of benzene rings is 1. The first-order chi connectivity index (χ1) is 17.5. The number of aromatic amines is 1. The van der Waals surface area contributed by atoms with Crippen molar-refractivity contribution in [2.24, 2.45) is 11.8 Å². The van der Waals surface area contributed by atoms with E-state index in [2.05, 4.69) is 79.8 Å². The summed E-state index contributed by atoms with van der Waals surface area (Å²) in [5.74, 6) is 1.69. The Balaban J connectivity index is 1.55. The van der Waals surface area contributed by atoms with Crippen LogP contribution in [0.2, 0.25) is 0 Å². The van der Waals surface area contributed by atoms with Crippen LogP contribution in [0, 0.1) is 11.8 Å². The number of amides is 1. The fourth-order valence-electron chi connectivity index (χ4n) is 5.93. The van der Waals surface area contributed by atoms with Gasteiger partial charge >= 0.3 is 0 Å². The molecular formula is C32H45N3O. The number of hydrogen-bond donors (Lipinski definition) is 2. The van der Waals surface area contributed by atoms with Gasteiger partial charge < -0.3 is 15.2 Å². The number of allylic oxidation sites excluding steroid dienone is 5. The molecule has 36 heavy (non-hydrogen) atoms. The van der Waals surface area contributed by atoms with Crippen LogP contribution in [0.15, 0.2) is 48.6 Å². The minimum absolute atomic E-state index is 0.223. The molecule has 1 atom stereocenters. The van der Waals surface area contributed by atoms with E-state index in [1.165, 1.54) is 38.9 Å². The first-order valence-corrected chi connectivity index (χ1v) is 14.1. The number of aryl methyl sites for hydroxylation is 1. The lowest BCUT2D eigenvalue weighted by atomic mass is 9.87. The van der Waals surface area contributed by atoms with Crippen LogP contribution in [0.3, 0.4) is 0 Å². The Morgan fingerprint density at radius 3 is 2.53 bits per heavy atom. The number of rotatable bonds is 8. The number of nitrogens with zero attached hydrogens (tertiary/aromatic N) is 1. The average molecular weight is 488 g/mol. The van der Waals surface area contributed by atoms with Crippen LogP contribution in [0.5, 0.6) is 0 Å². The summed E-state index contributed by atoms with van der Waals surface area (Å²) in [7, 11) is 0. The smallest absolute Gasteiger partial charge is 0.225 e. The van der Waals surface area contributed by atoms with Gasteiger partial charge in [-0.25, -0.2) is 0 Å². The second-order valence-corrected chi connectivity index (χ2v) is 10.8. The highest BCUT2D eigenvalue weighted by molar-refractivity contribution is 5.92. The predicted molar refractivity (Wildman–Crippen MR) is 153 cm³/mol. The normalized spacial score (nSPS) is 19.6. The van der Waals surface area contributed by atoms with Gasteiger partial charge in [-0.15, -0.1) is 0 Å². The summed E-state index contributed by atoms with van der Waals surface area (Å²) < 4.78 is 0. The van der Waals surface area contributed by atoms with Gasteiger partial charge in [-0.3, -0.25) is 4.79 Å². The predicted octanol–water partition coefficient (Wildman–Crippen LogP) is 7.00. The van der Waals surface area contributed by atoms with Crippen molar-refractivity contribution >= 4 is 22.4 Å². The fourth-order valence-corrected chi connectivity index (χ4v) is 5.93. The quantitative estimate of drug-likeness (QED) is 0.394. The van der Waals surface area contributed by atoms with Crippen LogP contribution in [0.25, 0.3) is 16.5 Å². The number of carbonyl (C=O) groups is 1.